The molecule has 9 heteroatoms. The number of nitrogens with zero attached hydrogens (tertiary/aromatic N) is 3. The van der Waals surface area contributed by atoms with Gasteiger partial charge in [-0.25, -0.2) is 0 Å². The number of nitro benzene ring substituents is 1. The fourth-order valence-corrected chi connectivity index (χ4v) is 1.74. The lowest BCUT2D eigenvalue weighted by Crippen LogP contribution is -1.97. The van der Waals surface area contributed by atoms with E-state index in [2.05, 4.69) is 10.2 Å². The molecule has 2 rings (SSSR count). The number of rotatable bonds is 5. The molecule has 0 fully saturated rings. The first-order valence-corrected chi connectivity index (χ1v) is 5.98. The van der Waals surface area contributed by atoms with Gasteiger partial charge in [0, 0.05) is 17.7 Å². The standard InChI is InChI=1S/C10H7N3O5S/c14-8(15)5-19-10-12-11-9(18-10)6-2-1-3-7(4-6)13(16)17/h1-4H,5H2,(H,14,15). The predicted octanol–water partition coefficient (Wildman–Crippen LogP) is 1.82. The van der Waals surface area contributed by atoms with Crippen molar-refractivity contribution < 1.29 is 19.2 Å². The van der Waals surface area contributed by atoms with Crippen LogP contribution in [0.4, 0.5) is 5.69 Å². The summed E-state index contributed by atoms with van der Waals surface area (Å²) >= 11 is 0.881. The zero-order valence-corrected chi connectivity index (χ0v) is 10.2. The average Bonchev–Trinajstić information content (AvgIpc) is 2.85. The summed E-state index contributed by atoms with van der Waals surface area (Å²) in [4.78, 5) is 20.5. The van der Waals surface area contributed by atoms with Crippen LogP contribution < -0.4 is 0 Å². The topological polar surface area (TPSA) is 119 Å². The largest absolute Gasteiger partial charge is 0.481 e. The Morgan fingerprint density at radius 1 is 1.47 bits per heavy atom. The van der Waals surface area contributed by atoms with Gasteiger partial charge >= 0.3 is 5.97 Å². The summed E-state index contributed by atoms with van der Waals surface area (Å²) in [5, 5.41) is 26.6. The van der Waals surface area contributed by atoms with Crippen LogP contribution >= 0.6 is 11.8 Å². The zero-order chi connectivity index (χ0) is 13.8. The number of thioether (sulfide) groups is 1. The van der Waals surface area contributed by atoms with Gasteiger partial charge in [0.2, 0.25) is 5.89 Å². The monoisotopic (exact) mass is 281 g/mol. The summed E-state index contributed by atoms with van der Waals surface area (Å²) < 4.78 is 5.21. The quantitative estimate of drug-likeness (QED) is 0.500. The molecule has 0 aliphatic rings. The van der Waals surface area contributed by atoms with Crippen LogP contribution in [0.3, 0.4) is 0 Å². The highest BCUT2D eigenvalue weighted by molar-refractivity contribution is 7.99. The fourth-order valence-electron chi connectivity index (χ4n) is 1.26. The third kappa shape index (κ3) is 3.28. The molecule has 0 unspecified atom stereocenters. The first-order valence-electron chi connectivity index (χ1n) is 4.99. The highest BCUT2D eigenvalue weighted by atomic mass is 32.2. The molecule has 0 radical (unpaired) electrons. The van der Waals surface area contributed by atoms with Crippen molar-refractivity contribution in [3.63, 3.8) is 0 Å². The third-order valence-electron chi connectivity index (χ3n) is 2.03. The number of hydrogen-bond acceptors (Lipinski definition) is 7. The molecular weight excluding hydrogens is 274 g/mol. The number of carboxylic acids is 1. The Labute approximate surface area is 110 Å². The molecule has 0 aliphatic heterocycles. The molecular formula is C10H7N3O5S. The molecule has 0 saturated heterocycles. The van der Waals surface area contributed by atoms with E-state index in [1.54, 1.807) is 6.07 Å². The van der Waals surface area contributed by atoms with E-state index in [4.69, 9.17) is 9.52 Å². The van der Waals surface area contributed by atoms with Crippen molar-refractivity contribution in [1.29, 1.82) is 0 Å². The van der Waals surface area contributed by atoms with E-state index < -0.39 is 10.9 Å². The maximum atomic E-state index is 10.6. The highest BCUT2D eigenvalue weighted by Crippen LogP contribution is 2.25. The van der Waals surface area contributed by atoms with Gasteiger partial charge < -0.3 is 9.52 Å². The Balaban J connectivity index is 2.20. The summed E-state index contributed by atoms with van der Waals surface area (Å²) in [6, 6.07) is 5.74. The van der Waals surface area contributed by atoms with Crippen LogP contribution in [0.25, 0.3) is 11.5 Å². The second-order valence-corrected chi connectivity index (χ2v) is 4.29. The number of hydrogen-bond donors (Lipinski definition) is 1. The number of non-ortho nitro benzene ring substituents is 1. The Hall–Kier alpha value is -2.42. The lowest BCUT2D eigenvalue weighted by atomic mass is 10.2. The van der Waals surface area contributed by atoms with E-state index in [0.717, 1.165) is 11.8 Å². The average molecular weight is 281 g/mol. The van der Waals surface area contributed by atoms with Crippen molar-refractivity contribution in [3.8, 4) is 11.5 Å². The number of aliphatic carboxylic acids is 1. The van der Waals surface area contributed by atoms with Crippen LogP contribution in [-0.2, 0) is 4.79 Å². The van der Waals surface area contributed by atoms with Crippen LogP contribution in [0.1, 0.15) is 0 Å². The van der Waals surface area contributed by atoms with Crippen LogP contribution in [-0.4, -0.2) is 31.9 Å². The van der Waals surface area contributed by atoms with E-state index >= 15 is 0 Å². The first-order chi connectivity index (χ1) is 9.06. The minimum Gasteiger partial charge on any atom is -0.481 e. The van der Waals surface area contributed by atoms with Gasteiger partial charge in [0.1, 0.15) is 5.75 Å². The number of nitro groups is 1. The zero-order valence-electron chi connectivity index (χ0n) is 9.35. The lowest BCUT2D eigenvalue weighted by molar-refractivity contribution is -0.384. The number of benzene rings is 1. The van der Waals surface area contributed by atoms with Gasteiger partial charge in [-0.3, -0.25) is 14.9 Å². The van der Waals surface area contributed by atoms with Crippen molar-refractivity contribution in [1.82, 2.24) is 10.2 Å². The Morgan fingerprint density at radius 3 is 2.95 bits per heavy atom. The number of carbonyl (C=O) groups is 1. The molecule has 19 heavy (non-hydrogen) atoms. The minimum atomic E-state index is -1.000. The van der Waals surface area contributed by atoms with Crippen LogP contribution in [0.2, 0.25) is 0 Å². The molecule has 1 heterocycles. The Bertz CT molecular complexity index is 627. The molecule has 0 amide bonds. The van der Waals surface area contributed by atoms with Crippen molar-refractivity contribution in [3.05, 3.63) is 34.4 Å². The Kier molecular flexibility index (Phi) is 3.76. The first kappa shape index (κ1) is 13.0. The SMILES string of the molecule is O=C(O)CSc1nnc(-c2cccc([N+](=O)[O-])c2)o1. The van der Waals surface area contributed by atoms with E-state index in [1.807, 2.05) is 0 Å². The molecule has 2 aromatic rings. The van der Waals surface area contributed by atoms with Gasteiger partial charge in [-0.15, -0.1) is 10.2 Å². The molecule has 0 spiro atoms. The van der Waals surface area contributed by atoms with Crippen molar-refractivity contribution in [2.45, 2.75) is 5.22 Å². The van der Waals surface area contributed by atoms with Gasteiger partial charge in [0.15, 0.2) is 0 Å². The lowest BCUT2D eigenvalue weighted by Gasteiger charge is -1.94. The van der Waals surface area contributed by atoms with Crippen molar-refractivity contribution in [2.75, 3.05) is 5.75 Å². The third-order valence-corrected chi connectivity index (χ3v) is 2.83. The maximum absolute atomic E-state index is 10.6. The highest BCUT2D eigenvalue weighted by Gasteiger charge is 2.13. The van der Waals surface area contributed by atoms with Gasteiger partial charge in [-0.1, -0.05) is 17.8 Å². The van der Waals surface area contributed by atoms with E-state index in [1.165, 1.54) is 18.2 Å². The molecule has 0 bridgehead atoms. The fraction of sp³-hybridized carbons (Fsp3) is 0.100. The van der Waals surface area contributed by atoms with Crippen molar-refractivity contribution >= 4 is 23.4 Å². The van der Waals surface area contributed by atoms with Gasteiger partial charge in [-0.2, -0.15) is 0 Å². The molecule has 1 aromatic carbocycles. The van der Waals surface area contributed by atoms with Crippen molar-refractivity contribution in [2.24, 2.45) is 0 Å². The van der Waals surface area contributed by atoms with Crippen LogP contribution in [0.5, 0.6) is 0 Å². The molecule has 0 aliphatic carbocycles. The summed E-state index contributed by atoms with van der Waals surface area (Å²) in [5.41, 5.74) is 0.319. The van der Waals surface area contributed by atoms with Gasteiger partial charge in [0.25, 0.3) is 10.9 Å². The Morgan fingerprint density at radius 2 is 2.26 bits per heavy atom. The summed E-state index contributed by atoms with van der Waals surface area (Å²) in [6.45, 7) is 0. The minimum absolute atomic E-state index is 0.0876. The van der Waals surface area contributed by atoms with Gasteiger partial charge in [-0.05, 0) is 6.07 Å². The van der Waals surface area contributed by atoms with Gasteiger partial charge in [0.05, 0.1) is 4.92 Å². The molecule has 8 nitrogen and oxygen atoms in total. The van der Waals surface area contributed by atoms with Crippen LogP contribution in [0.15, 0.2) is 33.9 Å². The summed E-state index contributed by atoms with van der Waals surface area (Å²) in [5.74, 6) is -1.09. The predicted molar refractivity (Wildman–Crippen MR) is 64.7 cm³/mol. The van der Waals surface area contributed by atoms with E-state index in [0.29, 0.717) is 5.56 Å². The second kappa shape index (κ2) is 5.48. The van der Waals surface area contributed by atoms with E-state index in [9.17, 15) is 14.9 Å². The normalized spacial score (nSPS) is 10.3. The summed E-state index contributed by atoms with van der Waals surface area (Å²) in [7, 11) is 0. The molecule has 0 atom stereocenters. The molecule has 1 aromatic heterocycles. The number of aromatic nitrogens is 2. The van der Waals surface area contributed by atoms with E-state index in [-0.39, 0.29) is 22.6 Å². The molecule has 1 N–H and O–H groups in total. The molecule has 98 valence electrons. The van der Waals surface area contributed by atoms with Crippen LogP contribution in [0, 0.1) is 10.1 Å². The maximum Gasteiger partial charge on any atom is 0.314 e. The molecule has 0 saturated carbocycles. The summed E-state index contributed by atoms with van der Waals surface area (Å²) in [6.07, 6.45) is 0. The second-order valence-electron chi connectivity index (χ2n) is 3.36. The number of carboxylic acid groups (broad SMARTS) is 1. The smallest absolute Gasteiger partial charge is 0.314 e.